The lowest BCUT2D eigenvalue weighted by molar-refractivity contribution is 0.101. The second-order valence-electron chi connectivity index (χ2n) is 8.25. The Kier molecular flexibility index (Phi) is 5.67. The number of hydrogen-bond acceptors (Lipinski definition) is 6. The molecule has 9 nitrogen and oxygen atoms in total. The molecule has 1 amide bonds. The maximum Gasteiger partial charge on any atom is 0.274 e. The minimum absolute atomic E-state index is 0.0951. The molecule has 0 spiro atoms. The van der Waals surface area contributed by atoms with E-state index in [1.54, 1.807) is 0 Å². The van der Waals surface area contributed by atoms with Crippen LogP contribution in [0.1, 0.15) is 32.9 Å². The van der Waals surface area contributed by atoms with Gasteiger partial charge in [-0.2, -0.15) is 5.10 Å². The number of carbonyl (C=O) groups excluding carboxylic acids is 1. The first-order valence-corrected chi connectivity index (χ1v) is 13.4. The number of anilines is 1. The molecule has 0 atom stereocenters. The Morgan fingerprint density at radius 2 is 1.70 bits per heavy atom. The highest BCUT2D eigenvalue weighted by Crippen LogP contribution is 2.30. The molecule has 0 bridgehead atoms. The summed E-state index contributed by atoms with van der Waals surface area (Å²) in [7, 11) is -4.08. The van der Waals surface area contributed by atoms with Crippen molar-refractivity contribution in [2.24, 2.45) is 0 Å². The van der Waals surface area contributed by atoms with Gasteiger partial charge in [-0.05, 0) is 61.4 Å². The monoisotopic (exact) mass is 488 g/mol. The Morgan fingerprint density at radius 1 is 1.03 bits per heavy atom. The van der Waals surface area contributed by atoms with E-state index < -0.39 is 25.8 Å². The van der Waals surface area contributed by atoms with Gasteiger partial charge in [0.2, 0.25) is 10.0 Å². The summed E-state index contributed by atoms with van der Waals surface area (Å²) in [6.07, 6.45) is 0. The van der Waals surface area contributed by atoms with Gasteiger partial charge < -0.3 is 5.32 Å². The zero-order chi connectivity index (χ0) is 24.1. The van der Waals surface area contributed by atoms with Crippen molar-refractivity contribution in [2.75, 3.05) is 19.4 Å². The van der Waals surface area contributed by atoms with Gasteiger partial charge in [-0.1, -0.05) is 6.07 Å². The number of amides is 1. The van der Waals surface area contributed by atoms with Crippen LogP contribution in [0.2, 0.25) is 0 Å². The molecule has 2 heterocycles. The molecule has 3 aromatic rings. The molecule has 1 aliphatic rings. The Morgan fingerprint density at radius 3 is 2.30 bits per heavy atom. The van der Waals surface area contributed by atoms with E-state index in [0.29, 0.717) is 22.6 Å². The molecule has 0 saturated heterocycles. The van der Waals surface area contributed by atoms with E-state index in [9.17, 15) is 21.6 Å². The molecule has 1 N–H and O–H groups in total. The van der Waals surface area contributed by atoms with Crippen LogP contribution in [0.3, 0.4) is 0 Å². The topological polar surface area (TPSA) is 118 Å². The maximum absolute atomic E-state index is 13.3. The van der Waals surface area contributed by atoms with Gasteiger partial charge in [0.15, 0.2) is 9.84 Å². The quantitative estimate of drug-likeness (QED) is 0.589. The van der Waals surface area contributed by atoms with E-state index in [2.05, 4.69) is 10.4 Å². The molecule has 0 radical (unpaired) electrons. The predicted octanol–water partition coefficient (Wildman–Crippen LogP) is 2.42. The summed E-state index contributed by atoms with van der Waals surface area (Å²) in [6, 6.07) is 11.4. The van der Waals surface area contributed by atoms with Crippen molar-refractivity contribution >= 4 is 31.5 Å². The fraction of sp³-hybridized carbons (Fsp3) is 0.273. The molecule has 4 rings (SSSR count). The van der Waals surface area contributed by atoms with Gasteiger partial charge in [0.1, 0.15) is 5.69 Å². The van der Waals surface area contributed by atoms with Crippen LogP contribution >= 0.6 is 0 Å². The van der Waals surface area contributed by atoms with Crippen molar-refractivity contribution in [3.63, 3.8) is 0 Å². The Balaban J connectivity index is 1.72. The van der Waals surface area contributed by atoms with Crippen LogP contribution in [0, 0.1) is 13.8 Å². The highest BCUT2D eigenvalue weighted by atomic mass is 32.2. The van der Waals surface area contributed by atoms with E-state index >= 15 is 0 Å². The first-order chi connectivity index (χ1) is 15.4. The first-order valence-electron chi connectivity index (χ1n) is 10.1. The average molecular weight is 489 g/mol. The van der Waals surface area contributed by atoms with Gasteiger partial charge in [0, 0.05) is 25.3 Å². The van der Waals surface area contributed by atoms with E-state index in [-0.39, 0.29) is 22.1 Å². The van der Waals surface area contributed by atoms with Crippen LogP contribution in [0.25, 0.3) is 5.69 Å². The van der Waals surface area contributed by atoms with E-state index in [0.717, 1.165) is 15.4 Å². The molecule has 0 fully saturated rings. The summed E-state index contributed by atoms with van der Waals surface area (Å²) >= 11 is 0. The molecule has 0 unspecified atom stereocenters. The molecule has 2 aromatic carbocycles. The summed E-state index contributed by atoms with van der Waals surface area (Å²) in [6.45, 7) is 3.92. The molecule has 11 heteroatoms. The molecule has 33 heavy (non-hydrogen) atoms. The molecular weight excluding hydrogens is 464 g/mol. The molecular formula is C22H24N4O5S2. The zero-order valence-electron chi connectivity index (χ0n) is 18.7. The van der Waals surface area contributed by atoms with Crippen LogP contribution in [-0.4, -0.2) is 50.9 Å². The second kappa shape index (κ2) is 8.08. The Bertz CT molecular complexity index is 1470. The van der Waals surface area contributed by atoms with Crippen LogP contribution in [0.15, 0.2) is 47.4 Å². The third-order valence-corrected chi connectivity index (χ3v) is 8.90. The first kappa shape index (κ1) is 23.1. The number of aryl methyl sites for hydroxylation is 2. The highest BCUT2D eigenvalue weighted by molar-refractivity contribution is 7.90. The minimum atomic E-state index is -3.60. The Hall–Kier alpha value is -3.02. The van der Waals surface area contributed by atoms with Gasteiger partial charge in [0.25, 0.3) is 5.91 Å². The Labute approximate surface area is 193 Å². The molecule has 1 aromatic heterocycles. The van der Waals surface area contributed by atoms with Gasteiger partial charge in [0.05, 0.1) is 27.8 Å². The fourth-order valence-corrected chi connectivity index (χ4v) is 6.03. The number of carbonyl (C=O) groups is 1. The van der Waals surface area contributed by atoms with Crippen molar-refractivity contribution in [1.29, 1.82) is 0 Å². The van der Waals surface area contributed by atoms with Crippen LogP contribution in [-0.2, 0) is 31.4 Å². The van der Waals surface area contributed by atoms with Crippen molar-refractivity contribution in [2.45, 2.75) is 30.2 Å². The smallest absolute Gasteiger partial charge is 0.274 e. The lowest BCUT2D eigenvalue weighted by Crippen LogP contribution is -2.22. The number of nitrogens with one attached hydrogen (secondary N) is 1. The highest BCUT2D eigenvalue weighted by Gasteiger charge is 2.35. The van der Waals surface area contributed by atoms with Crippen LogP contribution < -0.4 is 5.32 Å². The standard InChI is InChI=1S/C22H24N4O5S2/c1-14-5-8-17(11-15(14)2)26-21(19-12-32(28,29)13-20(19)24-26)22(27)23-16-6-9-18(10-7-16)33(30,31)25(3)4/h5-11H,12-13H2,1-4H3,(H,23,27). The van der Waals surface area contributed by atoms with Crippen molar-refractivity contribution < 1.29 is 21.6 Å². The zero-order valence-corrected chi connectivity index (χ0v) is 20.3. The average Bonchev–Trinajstić information content (AvgIpc) is 3.21. The van der Waals surface area contributed by atoms with E-state index in [1.807, 2.05) is 32.0 Å². The number of rotatable bonds is 5. The normalized spacial score (nSPS) is 14.9. The molecule has 0 saturated carbocycles. The third kappa shape index (κ3) is 4.31. The predicted molar refractivity (Wildman–Crippen MR) is 125 cm³/mol. The summed E-state index contributed by atoms with van der Waals surface area (Å²) < 4.78 is 51.5. The number of aromatic nitrogens is 2. The van der Waals surface area contributed by atoms with Gasteiger partial charge in [-0.25, -0.2) is 25.8 Å². The summed E-state index contributed by atoms with van der Waals surface area (Å²) in [5.74, 6) is -0.990. The number of sulfone groups is 1. The third-order valence-electron chi connectivity index (χ3n) is 5.63. The van der Waals surface area contributed by atoms with Crippen molar-refractivity contribution in [1.82, 2.24) is 14.1 Å². The summed E-state index contributed by atoms with van der Waals surface area (Å²) in [5, 5.41) is 7.19. The van der Waals surface area contributed by atoms with Gasteiger partial charge >= 0.3 is 0 Å². The number of benzene rings is 2. The van der Waals surface area contributed by atoms with Crippen molar-refractivity contribution in [3.05, 3.63) is 70.5 Å². The second-order valence-corrected chi connectivity index (χ2v) is 12.5. The summed E-state index contributed by atoms with van der Waals surface area (Å²) in [4.78, 5) is 13.4. The van der Waals surface area contributed by atoms with Crippen LogP contribution in [0.4, 0.5) is 5.69 Å². The number of sulfonamides is 1. The molecule has 1 aliphatic heterocycles. The number of fused-ring (bicyclic) bond motifs is 1. The number of hydrogen-bond donors (Lipinski definition) is 1. The molecule has 0 aliphatic carbocycles. The van der Waals surface area contributed by atoms with E-state index in [1.165, 1.54) is 43.0 Å². The largest absolute Gasteiger partial charge is 0.321 e. The van der Waals surface area contributed by atoms with Crippen molar-refractivity contribution in [3.8, 4) is 5.69 Å². The maximum atomic E-state index is 13.3. The lowest BCUT2D eigenvalue weighted by Gasteiger charge is -2.13. The van der Waals surface area contributed by atoms with Crippen LogP contribution in [0.5, 0.6) is 0 Å². The number of nitrogens with zero attached hydrogens (tertiary/aromatic N) is 3. The minimum Gasteiger partial charge on any atom is -0.321 e. The molecule has 174 valence electrons. The van der Waals surface area contributed by atoms with Gasteiger partial charge in [-0.3, -0.25) is 4.79 Å². The van der Waals surface area contributed by atoms with Gasteiger partial charge in [-0.15, -0.1) is 0 Å². The lowest BCUT2D eigenvalue weighted by atomic mass is 10.1. The van der Waals surface area contributed by atoms with E-state index in [4.69, 9.17) is 0 Å². The summed E-state index contributed by atoms with van der Waals surface area (Å²) in [5.41, 5.74) is 4.03. The SMILES string of the molecule is Cc1ccc(-n2nc3c(c2C(=O)Nc2ccc(S(=O)(=O)N(C)C)cc2)CS(=O)(=O)C3)cc1C. The fourth-order valence-electron chi connectivity index (χ4n) is 3.63.